The molecule has 0 unspecified atom stereocenters. The molecular weight excluding hydrogens is 458 g/mol. The lowest BCUT2D eigenvalue weighted by atomic mass is 10.1. The van der Waals surface area contributed by atoms with E-state index in [4.69, 9.17) is 26.4 Å². The molecule has 4 rings (SSSR count). The predicted molar refractivity (Wildman–Crippen MR) is 134 cm³/mol. The number of piperidine rings is 1. The second kappa shape index (κ2) is 10.6. The number of rotatable bonds is 7. The quantitative estimate of drug-likeness (QED) is 0.426. The van der Waals surface area contributed by atoms with Gasteiger partial charge in [0.2, 0.25) is 5.75 Å². The van der Waals surface area contributed by atoms with Gasteiger partial charge < -0.3 is 40.4 Å². The van der Waals surface area contributed by atoms with Gasteiger partial charge in [-0.1, -0.05) is 0 Å². The number of nitrogens with zero attached hydrogens (tertiary/aromatic N) is 4. The van der Waals surface area contributed by atoms with Crippen LogP contribution in [-0.2, 0) is 0 Å². The Bertz CT molecular complexity index is 1150. The van der Waals surface area contributed by atoms with Crippen LogP contribution in [0.4, 0.5) is 17.3 Å². The van der Waals surface area contributed by atoms with Crippen molar-refractivity contribution in [1.82, 2.24) is 25.3 Å². The zero-order chi connectivity index (χ0) is 24.1. The van der Waals surface area contributed by atoms with Crippen LogP contribution in [0, 0.1) is 5.21 Å². The number of hydrogen-bond donors (Lipinski definition) is 3. The minimum absolute atomic E-state index is 0.166. The summed E-state index contributed by atoms with van der Waals surface area (Å²) >= 11 is 5.41. The van der Waals surface area contributed by atoms with Gasteiger partial charge in [0.25, 0.3) is 0 Å². The molecule has 34 heavy (non-hydrogen) atoms. The molecule has 1 aliphatic heterocycles. The number of nitrogens with one attached hydrogen (secondary N) is 3. The van der Waals surface area contributed by atoms with Crippen LogP contribution in [0.2, 0.25) is 0 Å². The van der Waals surface area contributed by atoms with Gasteiger partial charge in [0, 0.05) is 23.9 Å². The summed E-state index contributed by atoms with van der Waals surface area (Å²) in [6.07, 6.45) is 3.12. The van der Waals surface area contributed by atoms with E-state index < -0.39 is 0 Å². The minimum atomic E-state index is 0.166. The van der Waals surface area contributed by atoms with Crippen LogP contribution in [0.15, 0.2) is 30.5 Å². The average molecular weight is 485 g/mol. The fourth-order valence-corrected chi connectivity index (χ4v) is 3.94. The Hall–Kier alpha value is -3.48. The lowest BCUT2D eigenvalue weighted by molar-refractivity contribution is 0.275. The van der Waals surface area contributed by atoms with Crippen molar-refractivity contribution in [2.75, 3.05) is 45.1 Å². The number of benzene rings is 1. The number of pyridine rings is 1. The van der Waals surface area contributed by atoms with Crippen molar-refractivity contribution in [3.8, 4) is 17.2 Å². The Morgan fingerprint density at radius 1 is 1.03 bits per heavy atom. The summed E-state index contributed by atoms with van der Waals surface area (Å²) < 4.78 is 16.2. The van der Waals surface area contributed by atoms with E-state index >= 15 is 0 Å². The van der Waals surface area contributed by atoms with Gasteiger partial charge in [-0.25, -0.2) is 15.0 Å². The normalized spacial score (nSPS) is 14.5. The van der Waals surface area contributed by atoms with E-state index in [0.717, 1.165) is 17.9 Å². The number of fused-ring (bicyclic) bond motifs is 1. The standard InChI is InChI=1S/C22H26N7O4S/c1-31-16-10-14(11-17(32-2)20(16)33-3)24-19-12-23-15-4-5-18(26-21(15)27-19)28-22(34)25-13-6-8-29(30)9-7-13/h4-5,10-13H,6-9H2,1-3H3,(H3,24,25,26,27,28,34)/q-1. The SMILES string of the molecule is COc1cc(Nc2cnc3ccc(NC(=S)NC4CCN([O-])CC4)nc3n2)cc(OC)c1OC. The third kappa shape index (κ3) is 5.53. The number of thiocarbonyl (C=S) groups is 1. The van der Waals surface area contributed by atoms with Gasteiger partial charge >= 0.3 is 0 Å². The monoisotopic (exact) mass is 484 g/mol. The number of anilines is 3. The summed E-state index contributed by atoms with van der Waals surface area (Å²) in [6.45, 7) is 1.01. The highest BCUT2D eigenvalue weighted by Gasteiger charge is 2.16. The Balaban J connectivity index is 1.49. The van der Waals surface area contributed by atoms with Crippen LogP contribution in [-0.4, -0.2) is 65.6 Å². The highest BCUT2D eigenvalue weighted by atomic mass is 32.1. The first kappa shape index (κ1) is 23.7. The van der Waals surface area contributed by atoms with Gasteiger partial charge in [-0.05, 0) is 50.3 Å². The van der Waals surface area contributed by atoms with Crippen LogP contribution >= 0.6 is 12.2 Å². The van der Waals surface area contributed by atoms with Gasteiger partial charge in [0.05, 0.1) is 27.5 Å². The molecule has 2 aromatic heterocycles. The van der Waals surface area contributed by atoms with Gasteiger partial charge in [0.1, 0.15) is 11.3 Å². The first-order valence-electron chi connectivity index (χ1n) is 10.7. The fraction of sp³-hybridized carbons (Fsp3) is 0.364. The molecule has 0 bridgehead atoms. The van der Waals surface area contributed by atoms with Crippen molar-refractivity contribution < 1.29 is 14.2 Å². The zero-order valence-electron chi connectivity index (χ0n) is 19.1. The summed E-state index contributed by atoms with van der Waals surface area (Å²) in [5.41, 5.74) is 1.78. The van der Waals surface area contributed by atoms with Gasteiger partial charge in [-0.3, -0.25) is 0 Å². The second-order valence-electron chi connectivity index (χ2n) is 7.64. The summed E-state index contributed by atoms with van der Waals surface area (Å²) in [4.78, 5) is 13.5. The highest BCUT2D eigenvalue weighted by molar-refractivity contribution is 7.80. The van der Waals surface area contributed by atoms with Crippen LogP contribution < -0.4 is 30.2 Å². The Labute approximate surface area is 202 Å². The molecule has 0 aliphatic carbocycles. The van der Waals surface area contributed by atoms with Crippen molar-refractivity contribution >= 4 is 45.8 Å². The van der Waals surface area contributed by atoms with Crippen molar-refractivity contribution in [2.45, 2.75) is 18.9 Å². The first-order valence-corrected chi connectivity index (χ1v) is 11.1. The zero-order valence-corrected chi connectivity index (χ0v) is 19.9. The van der Waals surface area contributed by atoms with Crippen LogP contribution in [0.1, 0.15) is 12.8 Å². The molecular formula is C22H26N7O4S-. The van der Waals surface area contributed by atoms with Crippen molar-refractivity contribution in [3.63, 3.8) is 0 Å². The number of ether oxygens (including phenoxy) is 3. The molecule has 11 nitrogen and oxygen atoms in total. The molecule has 3 aromatic rings. The second-order valence-corrected chi connectivity index (χ2v) is 8.04. The molecule has 1 aliphatic rings. The van der Waals surface area contributed by atoms with Gasteiger partial charge in [0.15, 0.2) is 28.1 Å². The largest absolute Gasteiger partial charge is 0.785 e. The molecule has 3 N–H and O–H groups in total. The van der Waals surface area contributed by atoms with E-state index in [9.17, 15) is 5.21 Å². The lowest BCUT2D eigenvalue weighted by Gasteiger charge is -2.36. The third-order valence-corrected chi connectivity index (χ3v) is 5.59. The van der Waals surface area contributed by atoms with E-state index in [0.29, 0.717) is 63.9 Å². The van der Waals surface area contributed by atoms with E-state index in [2.05, 4.69) is 30.9 Å². The maximum absolute atomic E-state index is 11.3. The number of hydroxylamine groups is 2. The maximum atomic E-state index is 11.3. The number of methoxy groups -OCH3 is 3. The Kier molecular flexibility index (Phi) is 7.40. The third-order valence-electron chi connectivity index (χ3n) is 5.37. The Morgan fingerprint density at radius 3 is 2.35 bits per heavy atom. The van der Waals surface area contributed by atoms with Crippen molar-refractivity contribution in [1.29, 1.82) is 0 Å². The van der Waals surface area contributed by atoms with Crippen LogP contribution in [0.25, 0.3) is 11.2 Å². The molecule has 0 amide bonds. The smallest absolute Gasteiger partial charge is 0.203 e. The van der Waals surface area contributed by atoms with Crippen LogP contribution in [0.5, 0.6) is 17.2 Å². The fourth-order valence-electron chi connectivity index (χ4n) is 3.67. The van der Waals surface area contributed by atoms with Crippen molar-refractivity contribution in [2.24, 2.45) is 0 Å². The molecule has 180 valence electrons. The Morgan fingerprint density at radius 2 is 1.71 bits per heavy atom. The number of hydrogen-bond acceptors (Lipinski definition) is 10. The summed E-state index contributed by atoms with van der Waals surface area (Å²) in [6, 6.07) is 7.33. The van der Waals surface area contributed by atoms with E-state index in [-0.39, 0.29) is 6.04 Å². The molecule has 1 saturated heterocycles. The minimum Gasteiger partial charge on any atom is -0.785 e. The predicted octanol–water partition coefficient (Wildman–Crippen LogP) is 3.04. The molecule has 0 spiro atoms. The first-order chi connectivity index (χ1) is 16.5. The van der Waals surface area contributed by atoms with Gasteiger partial charge in [-0.2, -0.15) is 0 Å². The molecule has 1 aromatic carbocycles. The molecule has 0 saturated carbocycles. The maximum Gasteiger partial charge on any atom is 0.203 e. The van der Waals surface area contributed by atoms with Gasteiger partial charge in [-0.15, -0.1) is 0 Å². The molecule has 3 heterocycles. The summed E-state index contributed by atoms with van der Waals surface area (Å²) in [7, 11) is 4.67. The summed E-state index contributed by atoms with van der Waals surface area (Å²) in [5.74, 6) is 2.58. The molecule has 0 radical (unpaired) electrons. The highest BCUT2D eigenvalue weighted by Crippen LogP contribution is 2.40. The van der Waals surface area contributed by atoms with E-state index in [1.807, 2.05) is 6.07 Å². The molecule has 0 atom stereocenters. The van der Waals surface area contributed by atoms with Crippen molar-refractivity contribution in [3.05, 3.63) is 35.7 Å². The molecule has 12 heteroatoms. The number of aromatic nitrogens is 3. The summed E-state index contributed by atoms with van der Waals surface area (Å²) in [5, 5.41) is 22.4. The van der Waals surface area contributed by atoms with Crippen LogP contribution in [0.3, 0.4) is 0 Å². The molecule has 1 fully saturated rings. The lowest BCUT2D eigenvalue weighted by Crippen LogP contribution is -2.44. The average Bonchev–Trinajstić information content (AvgIpc) is 2.84. The van der Waals surface area contributed by atoms with E-state index in [1.54, 1.807) is 45.7 Å². The van der Waals surface area contributed by atoms with E-state index in [1.165, 1.54) is 0 Å². The topological polar surface area (TPSA) is 129 Å².